The lowest BCUT2D eigenvalue weighted by molar-refractivity contribution is -0.129. The summed E-state index contributed by atoms with van der Waals surface area (Å²) >= 11 is 1.60. The summed E-state index contributed by atoms with van der Waals surface area (Å²) in [6.07, 6.45) is 0. The minimum Gasteiger partial charge on any atom is -0.353 e. The third-order valence-corrected chi connectivity index (χ3v) is 4.68. The molecule has 0 radical (unpaired) electrons. The van der Waals surface area contributed by atoms with Crippen LogP contribution in [-0.2, 0) is 16.1 Å². The Labute approximate surface area is 139 Å². The Morgan fingerprint density at radius 2 is 2.26 bits per heavy atom. The van der Waals surface area contributed by atoms with E-state index in [9.17, 15) is 9.59 Å². The van der Waals surface area contributed by atoms with Crippen LogP contribution in [0.15, 0.2) is 41.8 Å². The predicted molar refractivity (Wildman–Crippen MR) is 91.2 cm³/mol. The molecule has 1 aromatic heterocycles. The third-order valence-electron chi connectivity index (χ3n) is 3.76. The fourth-order valence-corrected chi connectivity index (χ4v) is 3.68. The molecule has 1 fully saturated rings. The molecule has 2 heterocycles. The maximum Gasteiger partial charge on any atom is 0.242 e. The van der Waals surface area contributed by atoms with Gasteiger partial charge in [-0.25, -0.2) is 0 Å². The van der Waals surface area contributed by atoms with Gasteiger partial charge in [-0.15, -0.1) is 11.3 Å². The van der Waals surface area contributed by atoms with Gasteiger partial charge in [-0.05, 0) is 29.1 Å². The lowest BCUT2D eigenvalue weighted by Crippen LogP contribution is -2.49. The smallest absolute Gasteiger partial charge is 0.242 e. The predicted octanol–water partition coefficient (Wildman–Crippen LogP) is 2.38. The average molecular weight is 329 g/mol. The Balaban J connectivity index is 1.80. The number of carbonyl (C=O) groups excluding carboxylic acids is 2. The van der Waals surface area contributed by atoms with Gasteiger partial charge in [-0.2, -0.15) is 0 Å². The van der Waals surface area contributed by atoms with Gasteiger partial charge in [0.25, 0.3) is 0 Å². The van der Waals surface area contributed by atoms with E-state index in [4.69, 9.17) is 0 Å². The van der Waals surface area contributed by atoms with Crippen molar-refractivity contribution in [2.75, 3.05) is 18.4 Å². The molecule has 0 spiro atoms. The van der Waals surface area contributed by atoms with Crippen molar-refractivity contribution in [3.05, 3.63) is 52.2 Å². The molecule has 3 rings (SSSR count). The van der Waals surface area contributed by atoms with E-state index in [1.165, 1.54) is 6.92 Å². The van der Waals surface area contributed by atoms with E-state index in [0.717, 1.165) is 22.7 Å². The van der Waals surface area contributed by atoms with Crippen LogP contribution < -0.4 is 10.6 Å². The second-order valence-electron chi connectivity index (χ2n) is 5.56. The highest BCUT2D eigenvalue weighted by molar-refractivity contribution is 7.10. The minimum absolute atomic E-state index is 0.0525. The Morgan fingerprint density at radius 3 is 3.00 bits per heavy atom. The molecule has 1 aliphatic heterocycles. The molecule has 2 amide bonds. The van der Waals surface area contributed by atoms with Gasteiger partial charge in [-0.3, -0.25) is 14.5 Å². The molecule has 2 N–H and O–H groups in total. The van der Waals surface area contributed by atoms with Crippen LogP contribution in [0.2, 0.25) is 0 Å². The van der Waals surface area contributed by atoms with Gasteiger partial charge >= 0.3 is 0 Å². The third kappa shape index (κ3) is 3.78. The number of nitrogens with zero attached hydrogens (tertiary/aromatic N) is 1. The van der Waals surface area contributed by atoms with Crippen molar-refractivity contribution in [1.29, 1.82) is 0 Å². The van der Waals surface area contributed by atoms with Crippen molar-refractivity contribution in [1.82, 2.24) is 10.2 Å². The number of thiophene rings is 1. The first kappa shape index (κ1) is 15.7. The minimum atomic E-state index is -0.242. The summed E-state index contributed by atoms with van der Waals surface area (Å²) in [4.78, 5) is 26.7. The number of rotatable bonds is 4. The molecular formula is C17H19N3O2S. The highest BCUT2D eigenvalue weighted by atomic mass is 32.1. The van der Waals surface area contributed by atoms with E-state index in [1.807, 2.05) is 41.8 Å². The van der Waals surface area contributed by atoms with E-state index in [0.29, 0.717) is 13.1 Å². The first-order valence-electron chi connectivity index (χ1n) is 7.55. The second-order valence-corrected chi connectivity index (χ2v) is 6.54. The summed E-state index contributed by atoms with van der Waals surface area (Å²) in [7, 11) is 0. The second kappa shape index (κ2) is 6.93. The molecule has 5 nitrogen and oxygen atoms in total. The van der Waals surface area contributed by atoms with Crippen LogP contribution in [-0.4, -0.2) is 29.8 Å². The monoisotopic (exact) mass is 329 g/mol. The quantitative estimate of drug-likeness (QED) is 0.905. The number of nitrogens with one attached hydrogen (secondary N) is 2. The average Bonchev–Trinajstić information content (AvgIpc) is 3.01. The summed E-state index contributed by atoms with van der Waals surface area (Å²) in [6, 6.07) is 11.5. The van der Waals surface area contributed by atoms with Crippen LogP contribution in [0, 0.1) is 0 Å². The maximum atomic E-state index is 12.3. The molecule has 0 bridgehead atoms. The zero-order valence-electron chi connectivity index (χ0n) is 12.9. The van der Waals surface area contributed by atoms with E-state index in [-0.39, 0.29) is 17.9 Å². The van der Waals surface area contributed by atoms with Crippen LogP contribution in [0.25, 0.3) is 0 Å². The van der Waals surface area contributed by atoms with Gasteiger partial charge in [0.15, 0.2) is 0 Å². The SMILES string of the molecule is CC(=O)Nc1cccc(CN2CCNC(=O)[C@@H]2c2cccs2)c1. The first-order valence-corrected chi connectivity index (χ1v) is 8.43. The van der Waals surface area contributed by atoms with Crippen molar-refractivity contribution >= 4 is 28.8 Å². The van der Waals surface area contributed by atoms with E-state index < -0.39 is 0 Å². The number of amides is 2. The number of piperazine rings is 1. The topological polar surface area (TPSA) is 61.4 Å². The highest BCUT2D eigenvalue weighted by Crippen LogP contribution is 2.28. The van der Waals surface area contributed by atoms with Gasteiger partial charge in [0.2, 0.25) is 11.8 Å². The van der Waals surface area contributed by atoms with Gasteiger partial charge in [-0.1, -0.05) is 18.2 Å². The Bertz CT molecular complexity index is 700. The number of benzene rings is 1. The first-order chi connectivity index (χ1) is 11.1. The number of anilines is 1. The Kier molecular flexibility index (Phi) is 4.73. The van der Waals surface area contributed by atoms with E-state index >= 15 is 0 Å². The van der Waals surface area contributed by atoms with Crippen molar-refractivity contribution in [3.8, 4) is 0 Å². The standard InChI is InChI=1S/C17H19N3O2S/c1-12(21)19-14-5-2-4-13(10-14)11-20-8-7-18-17(22)16(20)15-6-3-9-23-15/h2-6,9-10,16H,7-8,11H2,1H3,(H,18,22)(H,19,21)/t16-/m0/s1. The normalized spacial score (nSPS) is 18.5. The summed E-state index contributed by atoms with van der Waals surface area (Å²) in [5.74, 6) is -0.0346. The molecule has 6 heteroatoms. The van der Waals surface area contributed by atoms with Gasteiger partial charge in [0.05, 0.1) is 0 Å². The van der Waals surface area contributed by atoms with E-state index in [2.05, 4.69) is 15.5 Å². The largest absolute Gasteiger partial charge is 0.353 e. The molecule has 1 aromatic carbocycles. The molecule has 0 unspecified atom stereocenters. The van der Waals surface area contributed by atoms with Gasteiger partial charge in [0.1, 0.15) is 6.04 Å². The number of hydrogen-bond acceptors (Lipinski definition) is 4. The van der Waals surface area contributed by atoms with Crippen molar-refractivity contribution in [2.45, 2.75) is 19.5 Å². The maximum absolute atomic E-state index is 12.3. The van der Waals surface area contributed by atoms with Gasteiger partial charge in [0, 0.05) is 37.1 Å². The fraction of sp³-hybridized carbons (Fsp3) is 0.294. The van der Waals surface area contributed by atoms with Crippen LogP contribution >= 0.6 is 11.3 Å². The summed E-state index contributed by atoms with van der Waals surface area (Å²) in [5.41, 5.74) is 1.86. The summed E-state index contributed by atoms with van der Waals surface area (Å²) < 4.78 is 0. The molecule has 1 saturated heterocycles. The molecule has 1 aliphatic rings. The highest BCUT2D eigenvalue weighted by Gasteiger charge is 2.31. The van der Waals surface area contributed by atoms with Crippen LogP contribution in [0.5, 0.6) is 0 Å². The van der Waals surface area contributed by atoms with E-state index in [1.54, 1.807) is 11.3 Å². The van der Waals surface area contributed by atoms with Gasteiger partial charge < -0.3 is 10.6 Å². The van der Waals surface area contributed by atoms with Crippen LogP contribution in [0.1, 0.15) is 23.4 Å². The number of carbonyl (C=O) groups is 2. The summed E-state index contributed by atoms with van der Waals surface area (Å²) in [5, 5.41) is 7.73. The number of hydrogen-bond donors (Lipinski definition) is 2. The lowest BCUT2D eigenvalue weighted by atomic mass is 10.1. The zero-order valence-corrected chi connectivity index (χ0v) is 13.7. The molecular weight excluding hydrogens is 310 g/mol. The Morgan fingerprint density at radius 1 is 1.39 bits per heavy atom. The Hall–Kier alpha value is -2.18. The molecule has 2 aromatic rings. The molecule has 120 valence electrons. The fourth-order valence-electron chi connectivity index (χ4n) is 2.83. The lowest BCUT2D eigenvalue weighted by Gasteiger charge is -2.34. The van der Waals surface area contributed by atoms with Crippen molar-refractivity contribution in [3.63, 3.8) is 0 Å². The molecule has 1 atom stereocenters. The van der Waals surface area contributed by atoms with Crippen molar-refractivity contribution < 1.29 is 9.59 Å². The molecule has 0 saturated carbocycles. The summed E-state index contributed by atoms with van der Waals surface area (Å²) in [6.45, 7) is 3.63. The van der Waals surface area contributed by atoms with Crippen molar-refractivity contribution in [2.24, 2.45) is 0 Å². The van der Waals surface area contributed by atoms with Crippen LogP contribution in [0.3, 0.4) is 0 Å². The molecule has 23 heavy (non-hydrogen) atoms. The molecule has 0 aliphatic carbocycles. The zero-order chi connectivity index (χ0) is 16.2. The van der Waals surface area contributed by atoms with Crippen LogP contribution in [0.4, 0.5) is 5.69 Å².